The molecule has 1 aromatic rings. The van der Waals surface area contributed by atoms with E-state index in [9.17, 15) is 9.59 Å². The Hall–Kier alpha value is -1.63. The molecule has 7 heteroatoms. The summed E-state index contributed by atoms with van der Waals surface area (Å²) in [6, 6.07) is 7.70. The number of carbonyl (C=O) groups excluding carboxylic acids is 2. The van der Waals surface area contributed by atoms with Crippen LogP contribution < -0.4 is 15.5 Å². The van der Waals surface area contributed by atoms with Crippen molar-refractivity contribution in [3.8, 4) is 0 Å². The molecule has 1 aliphatic rings. The fraction of sp³-hybridized carbons (Fsp3) is 0.529. The lowest BCUT2D eigenvalue weighted by molar-refractivity contribution is -0.121. The summed E-state index contributed by atoms with van der Waals surface area (Å²) in [7, 11) is 1.63. The second-order valence-corrected chi connectivity index (χ2v) is 5.70. The van der Waals surface area contributed by atoms with Crippen LogP contribution in [0.25, 0.3) is 0 Å². The van der Waals surface area contributed by atoms with Gasteiger partial charge in [-0.25, -0.2) is 0 Å². The Morgan fingerprint density at radius 1 is 1.42 bits per heavy atom. The highest BCUT2D eigenvalue weighted by Crippen LogP contribution is 2.24. The Morgan fingerprint density at radius 3 is 2.88 bits per heavy atom. The van der Waals surface area contributed by atoms with E-state index in [0.29, 0.717) is 19.6 Å². The molecule has 0 aromatic heterocycles. The van der Waals surface area contributed by atoms with Crippen LogP contribution >= 0.6 is 12.4 Å². The summed E-state index contributed by atoms with van der Waals surface area (Å²) in [5.41, 5.74) is 1.90. The molecular weight excluding hydrogens is 330 g/mol. The van der Waals surface area contributed by atoms with Gasteiger partial charge in [-0.2, -0.15) is 0 Å². The van der Waals surface area contributed by atoms with Crippen molar-refractivity contribution in [2.75, 3.05) is 38.3 Å². The van der Waals surface area contributed by atoms with Gasteiger partial charge in [0.2, 0.25) is 11.8 Å². The molecule has 1 unspecified atom stereocenters. The molecule has 1 aromatic carbocycles. The van der Waals surface area contributed by atoms with E-state index in [-0.39, 0.29) is 36.8 Å². The summed E-state index contributed by atoms with van der Waals surface area (Å²) in [5, 5.41) is 5.97. The fourth-order valence-corrected chi connectivity index (χ4v) is 2.64. The number of nitrogens with zero attached hydrogens (tertiary/aromatic N) is 1. The Kier molecular flexibility index (Phi) is 8.74. The molecule has 1 aliphatic heterocycles. The smallest absolute Gasteiger partial charge is 0.234 e. The van der Waals surface area contributed by atoms with Crippen molar-refractivity contribution in [3.63, 3.8) is 0 Å². The van der Waals surface area contributed by atoms with Crippen molar-refractivity contribution in [1.82, 2.24) is 10.6 Å². The van der Waals surface area contributed by atoms with Crippen molar-refractivity contribution < 1.29 is 14.3 Å². The molecule has 0 radical (unpaired) electrons. The van der Waals surface area contributed by atoms with Crippen molar-refractivity contribution in [2.24, 2.45) is 0 Å². The molecule has 0 spiro atoms. The number of rotatable bonds is 8. The Morgan fingerprint density at radius 2 is 2.21 bits per heavy atom. The summed E-state index contributed by atoms with van der Waals surface area (Å²) in [6.07, 6.45) is 1.52. The summed E-state index contributed by atoms with van der Waals surface area (Å²) < 4.78 is 4.92. The van der Waals surface area contributed by atoms with E-state index >= 15 is 0 Å². The Balaban J connectivity index is 0.00000288. The highest BCUT2D eigenvalue weighted by atomic mass is 35.5. The molecule has 1 heterocycles. The second kappa shape index (κ2) is 10.3. The molecular formula is C17H26ClN3O3. The zero-order chi connectivity index (χ0) is 16.7. The van der Waals surface area contributed by atoms with E-state index < -0.39 is 0 Å². The van der Waals surface area contributed by atoms with Crippen molar-refractivity contribution in [2.45, 2.75) is 25.8 Å². The predicted molar refractivity (Wildman–Crippen MR) is 96.6 cm³/mol. The quantitative estimate of drug-likeness (QED) is 0.696. The average molecular weight is 356 g/mol. The average Bonchev–Trinajstić information content (AvgIpc) is 2.98. The summed E-state index contributed by atoms with van der Waals surface area (Å²) in [6.45, 7) is 4.20. The highest BCUT2D eigenvalue weighted by Gasteiger charge is 2.22. The first-order chi connectivity index (χ1) is 11.1. The first kappa shape index (κ1) is 20.4. The Labute approximate surface area is 149 Å². The second-order valence-electron chi connectivity index (χ2n) is 5.70. The van der Waals surface area contributed by atoms with Gasteiger partial charge in [-0.05, 0) is 31.0 Å². The third-order valence-corrected chi connectivity index (χ3v) is 3.90. The van der Waals surface area contributed by atoms with E-state index in [1.54, 1.807) is 7.11 Å². The number of benzene rings is 1. The van der Waals surface area contributed by atoms with E-state index in [0.717, 1.165) is 24.2 Å². The van der Waals surface area contributed by atoms with Crippen LogP contribution in [0.1, 0.15) is 31.4 Å². The van der Waals surface area contributed by atoms with Crippen LogP contribution in [0.15, 0.2) is 24.3 Å². The molecule has 0 aliphatic carbocycles. The molecule has 2 rings (SSSR count). The third-order valence-electron chi connectivity index (χ3n) is 3.90. The first-order valence-corrected chi connectivity index (χ1v) is 8.01. The maximum Gasteiger partial charge on any atom is 0.234 e. The van der Waals surface area contributed by atoms with Gasteiger partial charge in [0.1, 0.15) is 0 Å². The molecule has 0 bridgehead atoms. The standard InChI is InChI=1S/C17H25N3O3.ClH/c1-13(19-16(21)12-18-8-10-23-2)14-5-3-6-15(11-14)20-9-4-7-17(20)22;/h3,5-6,11,13,18H,4,7-10,12H2,1-2H3,(H,19,21);1H. The van der Waals surface area contributed by atoms with Gasteiger partial charge in [0.05, 0.1) is 19.2 Å². The van der Waals surface area contributed by atoms with Crippen molar-refractivity contribution >= 4 is 29.9 Å². The molecule has 1 saturated heterocycles. The zero-order valence-electron chi connectivity index (χ0n) is 14.2. The molecule has 1 fully saturated rings. The van der Waals surface area contributed by atoms with E-state index in [1.807, 2.05) is 36.1 Å². The van der Waals surface area contributed by atoms with Gasteiger partial charge in [0, 0.05) is 32.3 Å². The van der Waals surface area contributed by atoms with Crippen LogP contribution in [0.4, 0.5) is 5.69 Å². The van der Waals surface area contributed by atoms with E-state index in [2.05, 4.69) is 10.6 Å². The maximum atomic E-state index is 11.9. The number of hydrogen-bond acceptors (Lipinski definition) is 4. The highest BCUT2D eigenvalue weighted by molar-refractivity contribution is 5.95. The van der Waals surface area contributed by atoms with Gasteiger partial charge in [-0.1, -0.05) is 12.1 Å². The normalized spacial score (nSPS) is 15.1. The number of halogens is 1. The van der Waals surface area contributed by atoms with Crippen molar-refractivity contribution in [3.05, 3.63) is 29.8 Å². The molecule has 6 nitrogen and oxygen atoms in total. The van der Waals surface area contributed by atoms with Gasteiger partial charge in [-0.3, -0.25) is 9.59 Å². The molecule has 2 amide bonds. The Bertz CT molecular complexity index is 554. The van der Waals surface area contributed by atoms with Crippen LogP contribution in [0.5, 0.6) is 0 Å². The molecule has 134 valence electrons. The van der Waals surface area contributed by atoms with E-state index in [1.165, 1.54) is 0 Å². The van der Waals surface area contributed by atoms with Crippen LogP contribution in [0, 0.1) is 0 Å². The van der Waals surface area contributed by atoms with Crippen molar-refractivity contribution in [1.29, 1.82) is 0 Å². The molecule has 24 heavy (non-hydrogen) atoms. The third kappa shape index (κ3) is 5.78. The lowest BCUT2D eigenvalue weighted by Gasteiger charge is -2.19. The molecule has 2 N–H and O–H groups in total. The lowest BCUT2D eigenvalue weighted by atomic mass is 10.1. The number of nitrogens with one attached hydrogen (secondary N) is 2. The lowest BCUT2D eigenvalue weighted by Crippen LogP contribution is -2.36. The summed E-state index contributed by atoms with van der Waals surface area (Å²) in [5.74, 6) is 0.109. The van der Waals surface area contributed by atoms with Gasteiger partial charge >= 0.3 is 0 Å². The number of methoxy groups -OCH3 is 1. The number of ether oxygens (including phenoxy) is 1. The van der Waals surface area contributed by atoms with Crippen LogP contribution in [-0.4, -0.2) is 45.2 Å². The minimum Gasteiger partial charge on any atom is -0.383 e. The maximum absolute atomic E-state index is 11.9. The largest absolute Gasteiger partial charge is 0.383 e. The zero-order valence-corrected chi connectivity index (χ0v) is 15.0. The minimum atomic E-state index is -0.107. The summed E-state index contributed by atoms with van der Waals surface area (Å²) >= 11 is 0. The number of amides is 2. The van der Waals surface area contributed by atoms with Gasteiger partial charge in [0.15, 0.2) is 0 Å². The SMILES string of the molecule is COCCNCC(=O)NC(C)c1cccc(N2CCCC2=O)c1.Cl. The van der Waals surface area contributed by atoms with Gasteiger partial charge < -0.3 is 20.3 Å². The minimum absolute atomic E-state index is 0. The van der Waals surface area contributed by atoms with Crippen LogP contribution in [-0.2, 0) is 14.3 Å². The van der Waals surface area contributed by atoms with Crippen LogP contribution in [0.2, 0.25) is 0 Å². The van der Waals surface area contributed by atoms with E-state index in [4.69, 9.17) is 4.74 Å². The predicted octanol–water partition coefficient (Wildman–Crippen LogP) is 1.65. The summed E-state index contributed by atoms with van der Waals surface area (Å²) in [4.78, 5) is 25.6. The number of hydrogen-bond donors (Lipinski definition) is 2. The van der Waals surface area contributed by atoms with Gasteiger partial charge in [-0.15, -0.1) is 12.4 Å². The number of anilines is 1. The fourth-order valence-electron chi connectivity index (χ4n) is 2.64. The monoisotopic (exact) mass is 355 g/mol. The topological polar surface area (TPSA) is 70.7 Å². The molecule has 0 saturated carbocycles. The first-order valence-electron chi connectivity index (χ1n) is 8.01. The van der Waals surface area contributed by atoms with Crippen LogP contribution in [0.3, 0.4) is 0 Å². The van der Waals surface area contributed by atoms with Gasteiger partial charge in [0.25, 0.3) is 0 Å². The molecule has 1 atom stereocenters. The number of carbonyl (C=O) groups is 2.